The first-order valence-corrected chi connectivity index (χ1v) is 6.15. The quantitative estimate of drug-likeness (QED) is 0.656. The zero-order chi connectivity index (χ0) is 9.68. The van der Waals surface area contributed by atoms with Crippen molar-refractivity contribution in [2.24, 2.45) is 0 Å². The molecule has 2 nitrogen and oxygen atoms in total. The number of carbonyl (C=O) groups excluding carboxylic acids is 1. The van der Waals surface area contributed by atoms with Gasteiger partial charge in [0.1, 0.15) is 0 Å². The van der Waals surface area contributed by atoms with E-state index in [1.807, 2.05) is 18.2 Å². The van der Waals surface area contributed by atoms with Crippen LogP contribution in [-0.2, 0) is 0 Å². The van der Waals surface area contributed by atoms with Crippen molar-refractivity contribution in [1.82, 2.24) is 5.32 Å². The van der Waals surface area contributed by atoms with Gasteiger partial charge in [-0.1, -0.05) is 44.6 Å². The Morgan fingerprint density at radius 1 is 1.54 bits per heavy atom. The van der Waals surface area contributed by atoms with Gasteiger partial charge in [0.25, 0.3) is 5.91 Å². The van der Waals surface area contributed by atoms with Gasteiger partial charge in [0.2, 0.25) is 0 Å². The number of hydrogen-bond donors (Lipinski definition) is 1. The minimum absolute atomic E-state index is 0.0158. The Bertz CT molecular complexity index is 303. The van der Waals surface area contributed by atoms with E-state index in [1.54, 1.807) is 6.07 Å². The number of halogens is 2. The molecule has 4 heteroatoms. The highest BCUT2D eigenvalue weighted by molar-refractivity contribution is 14.1. The van der Waals surface area contributed by atoms with E-state index in [9.17, 15) is 4.79 Å². The van der Waals surface area contributed by atoms with Gasteiger partial charge in [-0.2, -0.15) is 0 Å². The molecule has 1 aromatic carbocycles. The van der Waals surface area contributed by atoms with Gasteiger partial charge >= 0.3 is 0 Å². The van der Waals surface area contributed by atoms with Crippen LogP contribution < -0.4 is 5.32 Å². The van der Waals surface area contributed by atoms with E-state index < -0.39 is 0 Å². The zero-order valence-electron chi connectivity index (χ0n) is 6.89. The Morgan fingerprint density at radius 3 is 2.92 bits per heavy atom. The Kier molecular flexibility index (Phi) is 4.72. The van der Waals surface area contributed by atoms with E-state index in [1.165, 1.54) is 0 Å². The second kappa shape index (κ2) is 5.59. The highest BCUT2D eigenvalue weighted by Gasteiger charge is 2.03. The summed E-state index contributed by atoms with van der Waals surface area (Å²) in [4.78, 5) is 11.4. The lowest BCUT2D eigenvalue weighted by atomic mass is 10.2. The summed E-state index contributed by atoms with van der Waals surface area (Å²) in [6.45, 7) is 0.714. The maximum Gasteiger partial charge on any atom is 0.251 e. The standard InChI is InChI=1S/C9H9BrINO/c10-8-3-1-2-7(6-8)9(13)12-5-4-11/h1-3,6H,4-5H2,(H,12,13). The lowest BCUT2D eigenvalue weighted by Crippen LogP contribution is -2.24. The fourth-order valence-corrected chi connectivity index (χ4v) is 1.56. The Morgan fingerprint density at radius 2 is 2.31 bits per heavy atom. The monoisotopic (exact) mass is 353 g/mol. The van der Waals surface area contributed by atoms with Gasteiger partial charge < -0.3 is 5.32 Å². The first-order valence-electron chi connectivity index (χ1n) is 3.84. The second-order valence-corrected chi connectivity index (χ2v) is 4.45. The molecule has 13 heavy (non-hydrogen) atoms. The van der Waals surface area contributed by atoms with Crippen LogP contribution in [0.4, 0.5) is 0 Å². The lowest BCUT2D eigenvalue weighted by Gasteiger charge is -2.02. The number of hydrogen-bond acceptors (Lipinski definition) is 1. The number of carbonyl (C=O) groups is 1. The van der Waals surface area contributed by atoms with Crippen molar-refractivity contribution in [1.29, 1.82) is 0 Å². The number of amides is 1. The molecule has 0 aliphatic carbocycles. The Hall–Kier alpha value is -0.100. The van der Waals surface area contributed by atoms with E-state index in [-0.39, 0.29) is 5.91 Å². The third-order valence-electron chi connectivity index (χ3n) is 1.47. The zero-order valence-corrected chi connectivity index (χ0v) is 10.6. The normalized spacial score (nSPS) is 9.69. The molecule has 0 bridgehead atoms. The average molecular weight is 354 g/mol. The summed E-state index contributed by atoms with van der Waals surface area (Å²) in [7, 11) is 0. The van der Waals surface area contributed by atoms with Crippen molar-refractivity contribution in [2.75, 3.05) is 11.0 Å². The molecule has 1 amide bonds. The summed E-state index contributed by atoms with van der Waals surface area (Å²) >= 11 is 5.54. The second-order valence-electron chi connectivity index (χ2n) is 2.46. The summed E-state index contributed by atoms with van der Waals surface area (Å²) < 4.78 is 1.85. The van der Waals surface area contributed by atoms with Crippen LogP contribution in [0, 0.1) is 0 Å². The molecule has 0 atom stereocenters. The molecule has 1 rings (SSSR count). The minimum Gasteiger partial charge on any atom is -0.351 e. The summed E-state index contributed by atoms with van der Waals surface area (Å²) in [6, 6.07) is 7.36. The van der Waals surface area contributed by atoms with Crippen LogP contribution in [0.15, 0.2) is 28.7 Å². The van der Waals surface area contributed by atoms with Gasteiger partial charge in [-0.3, -0.25) is 4.79 Å². The first kappa shape index (κ1) is 11.0. The molecule has 0 aliphatic rings. The smallest absolute Gasteiger partial charge is 0.251 e. The molecule has 0 aromatic heterocycles. The van der Waals surface area contributed by atoms with E-state index in [2.05, 4.69) is 43.8 Å². The van der Waals surface area contributed by atoms with Gasteiger partial charge in [0, 0.05) is 21.0 Å². The summed E-state index contributed by atoms with van der Waals surface area (Å²) in [5.41, 5.74) is 0.694. The van der Waals surface area contributed by atoms with Gasteiger partial charge in [0.15, 0.2) is 0 Å². The third-order valence-corrected chi connectivity index (χ3v) is 2.50. The van der Waals surface area contributed by atoms with Gasteiger partial charge in [-0.05, 0) is 18.2 Å². The molecule has 0 saturated heterocycles. The van der Waals surface area contributed by atoms with Crippen molar-refractivity contribution in [3.05, 3.63) is 34.3 Å². The molecule has 0 spiro atoms. The Balaban J connectivity index is 2.66. The number of benzene rings is 1. The van der Waals surface area contributed by atoms with Gasteiger partial charge in [0.05, 0.1) is 0 Å². The molecule has 0 heterocycles. The molecule has 0 saturated carbocycles. The predicted molar refractivity (Wildman–Crippen MR) is 65.4 cm³/mol. The maximum absolute atomic E-state index is 11.4. The molecule has 70 valence electrons. The first-order chi connectivity index (χ1) is 6.24. The van der Waals surface area contributed by atoms with Crippen molar-refractivity contribution < 1.29 is 4.79 Å². The highest BCUT2D eigenvalue weighted by Crippen LogP contribution is 2.11. The summed E-state index contributed by atoms with van der Waals surface area (Å²) in [5.74, 6) is -0.0158. The minimum atomic E-state index is -0.0158. The van der Waals surface area contributed by atoms with E-state index in [4.69, 9.17) is 0 Å². The molecule has 0 unspecified atom stereocenters. The third kappa shape index (κ3) is 3.64. The van der Waals surface area contributed by atoms with Crippen LogP contribution in [0.3, 0.4) is 0 Å². The number of rotatable bonds is 3. The predicted octanol–water partition coefficient (Wildman–Crippen LogP) is 2.61. The highest BCUT2D eigenvalue weighted by atomic mass is 127. The van der Waals surface area contributed by atoms with Gasteiger partial charge in [-0.25, -0.2) is 0 Å². The molecule has 1 aromatic rings. The van der Waals surface area contributed by atoms with Crippen molar-refractivity contribution in [3.63, 3.8) is 0 Å². The largest absolute Gasteiger partial charge is 0.351 e. The molecular weight excluding hydrogens is 345 g/mol. The van der Waals surface area contributed by atoms with Crippen LogP contribution in [0.25, 0.3) is 0 Å². The van der Waals surface area contributed by atoms with Crippen LogP contribution in [0.1, 0.15) is 10.4 Å². The van der Waals surface area contributed by atoms with Crippen molar-refractivity contribution >= 4 is 44.4 Å². The average Bonchev–Trinajstić information content (AvgIpc) is 2.14. The molecular formula is C9H9BrINO. The Labute approximate surface area is 99.4 Å². The fourth-order valence-electron chi connectivity index (χ4n) is 0.893. The van der Waals surface area contributed by atoms with E-state index in [0.717, 1.165) is 8.90 Å². The van der Waals surface area contributed by atoms with Gasteiger partial charge in [-0.15, -0.1) is 0 Å². The van der Waals surface area contributed by atoms with Crippen LogP contribution in [0.5, 0.6) is 0 Å². The molecule has 0 radical (unpaired) electrons. The van der Waals surface area contributed by atoms with Crippen LogP contribution in [-0.4, -0.2) is 16.9 Å². The lowest BCUT2D eigenvalue weighted by molar-refractivity contribution is 0.0956. The SMILES string of the molecule is O=C(NCCI)c1cccc(Br)c1. The van der Waals surface area contributed by atoms with Crippen LogP contribution >= 0.6 is 38.5 Å². The van der Waals surface area contributed by atoms with E-state index >= 15 is 0 Å². The number of alkyl halides is 1. The van der Waals surface area contributed by atoms with E-state index in [0.29, 0.717) is 12.1 Å². The molecule has 0 aliphatic heterocycles. The molecule has 1 N–H and O–H groups in total. The van der Waals surface area contributed by atoms with Crippen molar-refractivity contribution in [2.45, 2.75) is 0 Å². The number of nitrogens with one attached hydrogen (secondary N) is 1. The summed E-state index contributed by atoms with van der Waals surface area (Å²) in [6.07, 6.45) is 0. The maximum atomic E-state index is 11.4. The van der Waals surface area contributed by atoms with Crippen molar-refractivity contribution in [3.8, 4) is 0 Å². The summed E-state index contributed by atoms with van der Waals surface area (Å²) in [5, 5.41) is 2.81. The molecule has 0 fully saturated rings. The topological polar surface area (TPSA) is 29.1 Å². The van der Waals surface area contributed by atoms with Crippen LogP contribution in [0.2, 0.25) is 0 Å². The fraction of sp³-hybridized carbons (Fsp3) is 0.222.